The number of alkyl halides is 3. The third-order valence-corrected chi connectivity index (χ3v) is 1.05. The normalized spacial score (nSPS) is 12.3. The molecule has 0 saturated carbocycles. The highest BCUT2D eigenvalue weighted by Gasteiger charge is 2.30. The molecule has 3 heteroatoms. The molecule has 0 aromatic rings. The molecule has 76 valence electrons. The Morgan fingerprint density at radius 1 is 1.23 bits per heavy atom. The zero-order valence-electron chi connectivity index (χ0n) is 8.15. The van der Waals surface area contributed by atoms with Crippen LogP contribution >= 0.6 is 0 Å². The van der Waals surface area contributed by atoms with Crippen LogP contribution in [-0.4, -0.2) is 6.18 Å². The van der Waals surface area contributed by atoms with Crippen LogP contribution in [0.4, 0.5) is 13.2 Å². The zero-order valence-corrected chi connectivity index (χ0v) is 8.15. The SMILES string of the molecule is C=C/C=C\C(=C\C)C(F)(F)F.CC. The van der Waals surface area contributed by atoms with Crippen molar-refractivity contribution in [2.24, 2.45) is 0 Å². The second-order valence-corrected chi connectivity index (χ2v) is 1.84. The smallest absolute Gasteiger partial charge is 0.166 e. The van der Waals surface area contributed by atoms with E-state index in [1.807, 2.05) is 13.8 Å². The predicted molar refractivity (Wildman–Crippen MR) is 50.5 cm³/mol. The van der Waals surface area contributed by atoms with Crippen LogP contribution in [-0.2, 0) is 0 Å². The van der Waals surface area contributed by atoms with Crippen LogP contribution in [0.5, 0.6) is 0 Å². The van der Waals surface area contributed by atoms with E-state index in [4.69, 9.17) is 0 Å². The lowest BCUT2D eigenvalue weighted by Crippen LogP contribution is -2.09. The fourth-order valence-electron chi connectivity index (χ4n) is 0.526. The number of rotatable bonds is 2. The Kier molecular flexibility index (Phi) is 8.55. The average Bonchev–Trinajstić information content (AvgIpc) is 2.07. The molecule has 0 saturated heterocycles. The molecule has 0 bridgehead atoms. The number of allylic oxidation sites excluding steroid dienone is 5. The van der Waals surface area contributed by atoms with Crippen molar-refractivity contribution in [2.75, 3.05) is 0 Å². The van der Waals surface area contributed by atoms with Crippen LogP contribution in [0.2, 0.25) is 0 Å². The molecule has 0 heterocycles. The highest BCUT2D eigenvalue weighted by atomic mass is 19.4. The van der Waals surface area contributed by atoms with Gasteiger partial charge in [-0.15, -0.1) is 0 Å². The summed E-state index contributed by atoms with van der Waals surface area (Å²) in [7, 11) is 0. The van der Waals surface area contributed by atoms with E-state index < -0.39 is 11.7 Å². The maximum absolute atomic E-state index is 11.9. The molecule has 0 unspecified atom stereocenters. The molecule has 13 heavy (non-hydrogen) atoms. The fourth-order valence-corrected chi connectivity index (χ4v) is 0.526. The second-order valence-electron chi connectivity index (χ2n) is 1.84. The largest absolute Gasteiger partial charge is 0.416 e. The molecule has 0 aliphatic carbocycles. The van der Waals surface area contributed by atoms with Gasteiger partial charge in [0.15, 0.2) is 0 Å². The monoisotopic (exact) mass is 192 g/mol. The molecule has 0 aliphatic rings. The van der Waals surface area contributed by atoms with Gasteiger partial charge in [0.05, 0.1) is 5.57 Å². The van der Waals surface area contributed by atoms with E-state index in [2.05, 4.69) is 6.58 Å². The summed E-state index contributed by atoms with van der Waals surface area (Å²) in [6.45, 7) is 8.61. The highest BCUT2D eigenvalue weighted by molar-refractivity contribution is 5.25. The summed E-state index contributed by atoms with van der Waals surface area (Å²) in [5.41, 5.74) is -0.655. The van der Waals surface area contributed by atoms with E-state index in [1.165, 1.54) is 19.1 Å². The third-order valence-electron chi connectivity index (χ3n) is 1.05. The topological polar surface area (TPSA) is 0 Å². The van der Waals surface area contributed by atoms with E-state index in [1.54, 1.807) is 0 Å². The first-order chi connectivity index (χ1) is 6.02. The lowest BCUT2D eigenvalue weighted by Gasteiger charge is -2.05. The summed E-state index contributed by atoms with van der Waals surface area (Å²) < 4.78 is 35.7. The molecule has 0 fully saturated rings. The first-order valence-electron chi connectivity index (χ1n) is 4.05. The summed E-state index contributed by atoms with van der Waals surface area (Å²) >= 11 is 0. The molecule has 0 N–H and O–H groups in total. The molecule has 0 nitrogen and oxygen atoms in total. The lowest BCUT2D eigenvalue weighted by molar-refractivity contribution is -0.0883. The Labute approximate surface area is 77.5 Å². The highest BCUT2D eigenvalue weighted by Crippen LogP contribution is 2.26. The van der Waals surface area contributed by atoms with E-state index in [-0.39, 0.29) is 0 Å². The predicted octanol–water partition coefficient (Wildman–Crippen LogP) is 4.26. The molecule has 0 aromatic heterocycles. The van der Waals surface area contributed by atoms with Gasteiger partial charge in [0, 0.05) is 0 Å². The van der Waals surface area contributed by atoms with Gasteiger partial charge in [-0.1, -0.05) is 44.7 Å². The average molecular weight is 192 g/mol. The van der Waals surface area contributed by atoms with Crippen molar-refractivity contribution < 1.29 is 13.2 Å². The summed E-state index contributed by atoms with van der Waals surface area (Å²) in [4.78, 5) is 0. The Morgan fingerprint density at radius 3 is 1.92 bits per heavy atom. The minimum Gasteiger partial charge on any atom is -0.166 e. The van der Waals surface area contributed by atoms with Gasteiger partial charge in [-0.3, -0.25) is 0 Å². The summed E-state index contributed by atoms with van der Waals surface area (Å²) in [5, 5.41) is 0. The van der Waals surface area contributed by atoms with Crippen molar-refractivity contribution in [2.45, 2.75) is 26.9 Å². The Hall–Kier alpha value is -0.990. The second kappa shape index (κ2) is 7.65. The van der Waals surface area contributed by atoms with Crippen molar-refractivity contribution in [3.8, 4) is 0 Å². The minimum absolute atomic E-state index is 0.655. The minimum atomic E-state index is -4.26. The molecule has 0 rings (SSSR count). The lowest BCUT2D eigenvalue weighted by atomic mass is 10.2. The molecular formula is C10H15F3. The first-order valence-corrected chi connectivity index (χ1v) is 4.05. The summed E-state index contributed by atoms with van der Waals surface area (Å²) in [6.07, 6.45) is 0.291. The van der Waals surface area contributed by atoms with E-state index >= 15 is 0 Å². The van der Waals surface area contributed by atoms with Crippen molar-refractivity contribution in [3.63, 3.8) is 0 Å². The number of halogens is 3. The number of hydrogen-bond acceptors (Lipinski definition) is 0. The van der Waals surface area contributed by atoms with Gasteiger partial charge in [-0.2, -0.15) is 13.2 Å². The van der Waals surface area contributed by atoms with Crippen LogP contribution < -0.4 is 0 Å². The maximum Gasteiger partial charge on any atom is 0.416 e. The quantitative estimate of drug-likeness (QED) is 0.573. The van der Waals surface area contributed by atoms with Crippen LogP contribution in [0.1, 0.15) is 20.8 Å². The van der Waals surface area contributed by atoms with Gasteiger partial charge >= 0.3 is 6.18 Å². The van der Waals surface area contributed by atoms with Gasteiger partial charge < -0.3 is 0 Å². The van der Waals surface area contributed by atoms with Crippen molar-refractivity contribution in [3.05, 3.63) is 36.5 Å². The van der Waals surface area contributed by atoms with Gasteiger partial charge in [0.25, 0.3) is 0 Å². The van der Waals surface area contributed by atoms with Gasteiger partial charge in [0.1, 0.15) is 0 Å². The zero-order chi connectivity index (χ0) is 10.9. The standard InChI is InChI=1S/C8H9F3.C2H6/c1-3-5-6-7(4-2)8(9,10)11;1-2/h3-6H,1H2,2H3;1-2H3/b6-5-,7-4-;. The molecule has 0 radical (unpaired) electrons. The summed E-state index contributed by atoms with van der Waals surface area (Å²) in [5.74, 6) is 0. The molecule has 0 aromatic carbocycles. The molecule has 0 spiro atoms. The molecule has 0 aliphatic heterocycles. The van der Waals surface area contributed by atoms with Gasteiger partial charge in [0.2, 0.25) is 0 Å². The van der Waals surface area contributed by atoms with Crippen LogP contribution in [0.3, 0.4) is 0 Å². The van der Waals surface area contributed by atoms with Crippen molar-refractivity contribution in [1.29, 1.82) is 0 Å². The molecular weight excluding hydrogens is 177 g/mol. The van der Waals surface area contributed by atoms with Gasteiger partial charge in [-0.25, -0.2) is 0 Å². The van der Waals surface area contributed by atoms with Gasteiger partial charge in [-0.05, 0) is 6.92 Å². The number of hydrogen-bond donors (Lipinski definition) is 0. The van der Waals surface area contributed by atoms with E-state index in [9.17, 15) is 13.2 Å². The Morgan fingerprint density at radius 2 is 1.69 bits per heavy atom. The van der Waals surface area contributed by atoms with E-state index in [0.717, 1.165) is 12.2 Å². The van der Waals surface area contributed by atoms with Crippen LogP contribution in [0.15, 0.2) is 36.5 Å². The van der Waals surface area contributed by atoms with Crippen molar-refractivity contribution >= 4 is 0 Å². The van der Waals surface area contributed by atoms with E-state index in [0.29, 0.717) is 0 Å². The molecule has 0 atom stereocenters. The fraction of sp³-hybridized carbons (Fsp3) is 0.400. The third kappa shape index (κ3) is 7.37. The Balaban J connectivity index is 0. The van der Waals surface area contributed by atoms with Crippen LogP contribution in [0, 0.1) is 0 Å². The molecule has 0 amide bonds. The Bertz CT molecular complexity index is 185. The van der Waals surface area contributed by atoms with Crippen LogP contribution in [0.25, 0.3) is 0 Å². The first kappa shape index (κ1) is 14.5. The summed E-state index contributed by atoms with van der Waals surface area (Å²) in [6, 6.07) is 0. The maximum atomic E-state index is 11.9. The van der Waals surface area contributed by atoms with Crippen molar-refractivity contribution in [1.82, 2.24) is 0 Å².